The van der Waals surface area contributed by atoms with Crippen LogP contribution in [0.25, 0.3) is 0 Å². The van der Waals surface area contributed by atoms with Gasteiger partial charge in [-0.2, -0.15) is 5.10 Å². The summed E-state index contributed by atoms with van der Waals surface area (Å²) in [4.78, 5) is 14.1. The number of carbonyl (C=O) groups is 1. The Morgan fingerprint density at radius 2 is 2.30 bits per heavy atom. The summed E-state index contributed by atoms with van der Waals surface area (Å²) in [5.74, 6) is -0.215. The maximum absolute atomic E-state index is 11.7. The van der Waals surface area contributed by atoms with Crippen LogP contribution in [0.4, 0.5) is 5.69 Å². The number of carbonyl (C=O) groups excluding carboxylic acids is 1. The molecule has 20 heavy (non-hydrogen) atoms. The second-order valence-corrected chi connectivity index (χ2v) is 4.64. The lowest BCUT2D eigenvalue weighted by Crippen LogP contribution is -2.34. The smallest absolute Gasteiger partial charge is 0.241 e. The fourth-order valence-corrected chi connectivity index (χ4v) is 1.86. The predicted octanol–water partition coefficient (Wildman–Crippen LogP) is 1.07. The summed E-state index contributed by atoms with van der Waals surface area (Å²) in [6.45, 7) is 11.6. The Kier molecular flexibility index (Phi) is 6.97. The first-order chi connectivity index (χ1) is 9.60. The van der Waals surface area contributed by atoms with Crippen LogP contribution in [0.5, 0.6) is 0 Å². The monoisotopic (exact) mass is 279 g/mol. The van der Waals surface area contributed by atoms with Gasteiger partial charge in [0, 0.05) is 12.7 Å². The zero-order chi connectivity index (χ0) is 15.0. The van der Waals surface area contributed by atoms with Crippen LogP contribution < -0.4 is 11.1 Å². The molecule has 1 heterocycles. The van der Waals surface area contributed by atoms with E-state index in [1.807, 2.05) is 10.9 Å². The zero-order valence-electron chi connectivity index (χ0n) is 12.4. The molecule has 6 nitrogen and oxygen atoms in total. The molecule has 112 valence electrons. The first-order valence-corrected chi connectivity index (χ1v) is 7.02. The Morgan fingerprint density at radius 3 is 2.90 bits per heavy atom. The third kappa shape index (κ3) is 5.14. The van der Waals surface area contributed by atoms with Gasteiger partial charge in [0.05, 0.1) is 24.5 Å². The van der Waals surface area contributed by atoms with Gasteiger partial charge in [0.15, 0.2) is 0 Å². The number of likely N-dealkylation sites (N-methyl/N-ethyl adjacent to an activating group) is 1. The lowest BCUT2D eigenvalue weighted by Gasteiger charge is -2.17. The van der Waals surface area contributed by atoms with E-state index in [2.05, 4.69) is 35.7 Å². The highest BCUT2D eigenvalue weighted by molar-refractivity contribution is 5.94. The van der Waals surface area contributed by atoms with Crippen molar-refractivity contribution in [1.29, 1.82) is 0 Å². The molecule has 6 heteroatoms. The number of aromatic nitrogens is 2. The number of hydrogen-bond donors (Lipinski definition) is 2. The van der Waals surface area contributed by atoms with Crippen LogP contribution in [0.1, 0.15) is 20.3 Å². The molecule has 1 aromatic heterocycles. The number of rotatable bonds is 9. The molecule has 1 unspecified atom stereocenters. The van der Waals surface area contributed by atoms with E-state index in [-0.39, 0.29) is 5.91 Å². The molecule has 1 amide bonds. The standard InChI is InChI=1S/C14H25N5O/c1-4-7-13(15)14(20)17-12-10-16-19(11-12)9-8-18(5-2)6-3/h4,10-11,13H,1,5-9,15H2,2-3H3,(H,17,20). The van der Waals surface area contributed by atoms with Crippen molar-refractivity contribution in [2.75, 3.05) is 25.0 Å². The minimum Gasteiger partial charge on any atom is -0.322 e. The van der Waals surface area contributed by atoms with Crippen molar-refractivity contribution in [3.63, 3.8) is 0 Å². The maximum Gasteiger partial charge on any atom is 0.241 e. The highest BCUT2D eigenvalue weighted by Crippen LogP contribution is 2.06. The SMILES string of the molecule is C=CCC(N)C(=O)Nc1cnn(CCN(CC)CC)c1. The summed E-state index contributed by atoms with van der Waals surface area (Å²) in [6, 6.07) is -0.563. The van der Waals surface area contributed by atoms with Crippen molar-refractivity contribution < 1.29 is 4.79 Å². The molecule has 0 bridgehead atoms. The van der Waals surface area contributed by atoms with E-state index >= 15 is 0 Å². The van der Waals surface area contributed by atoms with Crippen molar-refractivity contribution in [2.24, 2.45) is 5.73 Å². The lowest BCUT2D eigenvalue weighted by atomic mass is 10.2. The summed E-state index contributed by atoms with van der Waals surface area (Å²) >= 11 is 0. The Hall–Kier alpha value is -1.66. The van der Waals surface area contributed by atoms with Crippen molar-refractivity contribution in [3.8, 4) is 0 Å². The Labute approximate surface area is 120 Å². The van der Waals surface area contributed by atoms with Crippen molar-refractivity contribution in [1.82, 2.24) is 14.7 Å². The molecule has 0 spiro atoms. The minimum atomic E-state index is -0.563. The second-order valence-electron chi connectivity index (χ2n) is 4.64. The van der Waals surface area contributed by atoms with Crippen LogP contribution in [-0.4, -0.2) is 46.3 Å². The molecule has 0 saturated carbocycles. The summed E-state index contributed by atoms with van der Waals surface area (Å²) in [5, 5.41) is 6.98. The number of hydrogen-bond acceptors (Lipinski definition) is 4. The van der Waals surface area contributed by atoms with Gasteiger partial charge < -0.3 is 16.0 Å². The third-order valence-electron chi connectivity index (χ3n) is 3.20. The molecule has 0 aliphatic rings. The van der Waals surface area contributed by atoms with Crippen molar-refractivity contribution >= 4 is 11.6 Å². The Balaban J connectivity index is 2.46. The van der Waals surface area contributed by atoms with Gasteiger partial charge in [0.1, 0.15) is 0 Å². The fraction of sp³-hybridized carbons (Fsp3) is 0.571. The van der Waals surface area contributed by atoms with Crippen LogP contribution in [0.2, 0.25) is 0 Å². The van der Waals surface area contributed by atoms with Gasteiger partial charge in [-0.25, -0.2) is 0 Å². The van der Waals surface area contributed by atoms with Crippen LogP contribution in [0.15, 0.2) is 25.0 Å². The molecule has 0 aromatic carbocycles. The average molecular weight is 279 g/mol. The minimum absolute atomic E-state index is 0.215. The normalized spacial score (nSPS) is 12.4. The quantitative estimate of drug-likeness (QED) is 0.663. The van der Waals surface area contributed by atoms with E-state index in [1.165, 1.54) is 0 Å². The van der Waals surface area contributed by atoms with Crippen LogP contribution in [0.3, 0.4) is 0 Å². The van der Waals surface area contributed by atoms with Gasteiger partial charge >= 0.3 is 0 Å². The molecule has 1 rings (SSSR count). The van der Waals surface area contributed by atoms with E-state index in [0.29, 0.717) is 12.1 Å². The highest BCUT2D eigenvalue weighted by atomic mass is 16.2. The molecule has 1 atom stereocenters. The Bertz CT molecular complexity index is 425. The molecule has 0 radical (unpaired) electrons. The first kappa shape index (κ1) is 16.4. The topological polar surface area (TPSA) is 76.2 Å². The van der Waals surface area contributed by atoms with Crippen LogP contribution in [-0.2, 0) is 11.3 Å². The predicted molar refractivity (Wildman–Crippen MR) is 81.4 cm³/mol. The van der Waals surface area contributed by atoms with E-state index in [1.54, 1.807) is 12.3 Å². The summed E-state index contributed by atoms with van der Waals surface area (Å²) < 4.78 is 1.83. The molecule has 0 saturated heterocycles. The first-order valence-electron chi connectivity index (χ1n) is 7.02. The summed E-state index contributed by atoms with van der Waals surface area (Å²) in [6.07, 6.45) is 5.56. The number of nitrogens with one attached hydrogen (secondary N) is 1. The fourth-order valence-electron chi connectivity index (χ4n) is 1.86. The molecule has 0 aliphatic carbocycles. The molecule has 3 N–H and O–H groups in total. The van der Waals surface area contributed by atoms with Gasteiger partial charge in [-0.15, -0.1) is 6.58 Å². The van der Waals surface area contributed by atoms with Gasteiger partial charge in [-0.1, -0.05) is 19.9 Å². The molecule has 1 aromatic rings. The van der Waals surface area contributed by atoms with Crippen molar-refractivity contribution in [3.05, 3.63) is 25.0 Å². The largest absolute Gasteiger partial charge is 0.322 e. The molecule has 0 aliphatic heterocycles. The van der Waals surface area contributed by atoms with Gasteiger partial charge in [-0.3, -0.25) is 9.48 Å². The summed E-state index contributed by atoms with van der Waals surface area (Å²) in [7, 11) is 0. The van der Waals surface area contributed by atoms with E-state index in [0.717, 1.165) is 26.2 Å². The maximum atomic E-state index is 11.7. The van der Waals surface area contributed by atoms with E-state index in [9.17, 15) is 4.79 Å². The average Bonchev–Trinajstić information content (AvgIpc) is 2.87. The van der Waals surface area contributed by atoms with Crippen LogP contribution in [0, 0.1) is 0 Å². The number of anilines is 1. The van der Waals surface area contributed by atoms with Gasteiger partial charge in [0.2, 0.25) is 5.91 Å². The number of amides is 1. The van der Waals surface area contributed by atoms with Crippen molar-refractivity contribution in [2.45, 2.75) is 32.9 Å². The summed E-state index contributed by atoms with van der Waals surface area (Å²) in [5.41, 5.74) is 6.37. The van der Waals surface area contributed by atoms with E-state index < -0.39 is 6.04 Å². The van der Waals surface area contributed by atoms with Gasteiger partial charge in [0.25, 0.3) is 0 Å². The number of nitrogens with two attached hydrogens (primary N) is 1. The highest BCUT2D eigenvalue weighted by Gasteiger charge is 2.12. The number of nitrogens with zero attached hydrogens (tertiary/aromatic N) is 3. The molecule has 0 fully saturated rings. The molecular formula is C14H25N5O. The van der Waals surface area contributed by atoms with E-state index in [4.69, 9.17) is 5.73 Å². The Morgan fingerprint density at radius 1 is 1.60 bits per heavy atom. The second kappa shape index (κ2) is 8.50. The molecular weight excluding hydrogens is 254 g/mol. The van der Waals surface area contributed by atoms with Crippen LogP contribution >= 0.6 is 0 Å². The third-order valence-corrected chi connectivity index (χ3v) is 3.20. The van der Waals surface area contributed by atoms with Gasteiger partial charge in [-0.05, 0) is 19.5 Å². The lowest BCUT2D eigenvalue weighted by molar-refractivity contribution is -0.117. The zero-order valence-corrected chi connectivity index (χ0v) is 12.4.